The molecule has 1 atom stereocenters. The predicted octanol–water partition coefficient (Wildman–Crippen LogP) is 2.64. The molecule has 2 amide bonds. The van der Waals surface area contributed by atoms with E-state index in [2.05, 4.69) is 5.32 Å². The molecule has 1 heterocycles. The Balaban J connectivity index is 1.86. The van der Waals surface area contributed by atoms with Crippen LogP contribution in [0.5, 0.6) is 0 Å². The van der Waals surface area contributed by atoms with Gasteiger partial charge in [0.05, 0.1) is 17.3 Å². The second-order valence-electron chi connectivity index (χ2n) is 4.46. The Morgan fingerprint density at radius 3 is 2.57 bits per heavy atom. The molecule has 0 aliphatic rings. The predicted molar refractivity (Wildman–Crippen MR) is 83.1 cm³/mol. The van der Waals surface area contributed by atoms with Gasteiger partial charge >= 0.3 is 0 Å². The molecule has 3 N–H and O–H groups in total. The number of thioether (sulfide) groups is 1. The lowest BCUT2D eigenvalue weighted by molar-refractivity contribution is -0.115. The van der Waals surface area contributed by atoms with Gasteiger partial charge in [-0.1, -0.05) is 0 Å². The maximum Gasteiger partial charge on any atom is 0.248 e. The van der Waals surface area contributed by atoms with Crippen LogP contribution in [0.2, 0.25) is 0 Å². The Labute approximate surface area is 126 Å². The molecule has 2 aromatic rings. The van der Waals surface area contributed by atoms with E-state index in [0.29, 0.717) is 17.0 Å². The van der Waals surface area contributed by atoms with E-state index in [1.54, 1.807) is 30.5 Å². The van der Waals surface area contributed by atoms with Gasteiger partial charge in [-0.25, -0.2) is 0 Å². The number of furan rings is 1. The van der Waals surface area contributed by atoms with Gasteiger partial charge in [0.2, 0.25) is 11.8 Å². The molecule has 21 heavy (non-hydrogen) atoms. The number of hydrogen-bond acceptors (Lipinski definition) is 4. The Hall–Kier alpha value is -2.21. The summed E-state index contributed by atoms with van der Waals surface area (Å²) in [6.07, 6.45) is 1.61. The SMILES string of the molecule is CC(SCc1ccco1)C(=O)Nc1ccc(C(N)=O)cc1. The number of benzene rings is 1. The van der Waals surface area contributed by atoms with Crippen molar-refractivity contribution in [2.24, 2.45) is 5.73 Å². The first-order chi connectivity index (χ1) is 10.1. The molecule has 6 heteroatoms. The van der Waals surface area contributed by atoms with Gasteiger partial charge in [0.1, 0.15) is 5.76 Å². The highest BCUT2D eigenvalue weighted by molar-refractivity contribution is 7.99. The Bertz CT molecular complexity index is 608. The molecule has 0 radical (unpaired) electrons. The molecule has 110 valence electrons. The van der Waals surface area contributed by atoms with Crippen molar-refractivity contribution in [1.29, 1.82) is 0 Å². The molecule has 0 aliphatic carbocycles. The Morgan fingerprint density at radius 1 is 1.29 bits per heavy atom. The fraction of sp³-hybridized carbons (Fsp3) is 0.200. The van der Waals surface area contributed by atoms with Gasteiger partial charge < -0.3 is 15.5 Å². The normalized spacial score (nSPS) is 11.9. The van der Waals surface area contributed by atoms with Gasteiger partial charge in [-0.3, -0.25) is 9.59 Å². The van der Waals surface area contributed by atoms with E-state index in [9.17, 15) is 9.59 Å². The Kier molecular flexibility index (Phi) is 5.05. The van der Waals surface area contributed by atoms with Crippen LogP contribution in [-0.4, -0.2) is 17.1 Å². The number of nitrogens with one attached hydrogen (secondary N) is 1. The minimum Gasteiger partial charge on any atom is -0.468 e. The number of amides is 2. The first-order valence-electron chi connectivity index (χ1n) is 6.41. The van der Waals surface area contributed by atoms with Gasteiger partial charge in [-0.05, 0) is 43.3 Å². The number of carbonyl (C=O) groups excluding carboxylic acids is 2. The van der Waals surface area contributed by atoms with Crippen molar-refractivity contribution in [3.63, 3.8) is 0 Å². The minimum atomic E-state index is -0.491. The molecule has 1 aromatic heterocycles. The van der Waals surface area contributed by atoms with Crippen molar-refractivity contribution in [3.8, 4) is 0 Å². The number of carbonyl (C=O) groups is 2. The fourth-order valence-electron chi connectivity index (χ4n) is 1.64. The standard InChI is InChI=1S/C15H16N2O3S/c1-10(21-9-13-3-2-8-20-13)15(19)17-12-6-4-11(5-7-12)14(16)18/h2-8,10H,9H2,1H3,(H2,16,18)(H,17,19). The van der Waals surface area contributed by atoms with Crippen molar-refractivity contribution < 1.29 is 14.0 Å². The van der Waals surface area contributed by atoms with Crippen LogP contribution in [0.15, 0.2) is 47.1 Å². The summed E-state index contributed by atoms with van der Waals surface area (Å²) < 4.78 is 5.22. The summed E-state index contributed by atoms with van der Waals surface area (Å²) in [5.74, 6) is 0.890. The zero-order valence-corrected chi connectivity index (χ0v) is 12.4. The largest absolute Gasteiger partial charge is 0.468 e. The lowest BCUT2D eigenvalue weighted by atomic mass is 10.2. The van der Waals surface area contributed by atoms with Crippen LogP contribution in [0.1, 0.15) is 23.0 Å². The van der Waals surface area contributed by atoms with Gasteiger partial charge in [0.15, 0.2) is 0 Å². The van der Waals surface area contributed by atoms with Crippen LogP contribution in [0.25, 0.3) is 0 Å². The van der Waals surface area contributed by atoms with Gasteiger partial charge in [0, 0.05) is 11.3 Å². The summed E-state index contributed by atoms with van der Waals surface area (Å²) in [5.41, 5.74) is 6.21. The summed E-state index contributed by atoms with van der Waals surface area (Å²) in [7, 11) is 0. The van der Waals surface area contributed by atoms with Crippen LogP contribution in [0.4, 0.5) is 5.69 Å². The molecule has 5 nitrogen and oxygen atoms in total. The molecule has 1 unspecified atom stereocenters. The van der Waals surface area contributed by atoms with E-state index in [1.165, 1.54) is 11.8 Å². The quantitative estimate of drug-likeness (QED) is 0.859. The van der Waals surface area contributed by atoms with Gasteiger partial charge in [0.25, 0.3) is 0 Å². The highest BCUT2D eigenvalue weighted by atomic mass is 32.2. The minimum absolute atomic E-state index is 0.0987. The monoisotopic (exact) mass is 304 g/mol. The summed E-state index contributed by atoms with van der Waals surface area (Å²) >= 11 is 1.49. The number of hydrogen-bond donors (Lipinski definition) is 2. The van der Waals surface area contributed by atoms with Crippen molar-refractivity contribution in [3.05, 3.63) is 54.0 Å². The molecule has 0 saturated heterocycles. The van der Waals surface area contributed by atoms with Crippen molar-refractivity contribution >= 4 is 29.3 Å². The summed E-state index contributed by atoms with van der Waals surface area (Å²) in [6, 6.07) is 10.2. The number of nitrogens with two attached hydrogens (primary N) is 1. The maximum atomic E-state index is 12.0. The van der Waals surface area contributed by atoms with Crippen molar-refractivity contribution in [1.82, 2.24) is 0 Å². The summed E-state index contributed by atoms with van der Waals surface area (Å²) in [4.78, 5) is 23.0. The molecule has 0 fully saturated rings. The topological polar surface area (TPSA) is 85.3 Å². The van der Waals surface area contributed by atoms with Crippen LogP contribution in [0, 0.1) is 0 Å². The first kappa shape index (κ1) is 15.2. The highest BCUT2D eigenvalue weighted by Gasteiger charge is 2.14. The van der Waals surface area contributed by atoms with Crippen molar-refractivity contribution in [2.45, 2.75) is 17.9 Å². The van der Waals surface area contributed by atoms with E-state index >= 15 is 0 Å². The third-order valence-electron chi connectivity index (χ3n) is 2.86. The van der Waals surface area contributed by atoms with Crippen LogP contribution in [0.3, 0.4) is 0 Å². The van der Waals surface area contributed by atoms with Gasteiger partial charge in [-0.15, -0.1) is 11.8 Å². The highest BCUT2D eigenvalue weighted by Crippen LogP contribution is 2.19. The zero-order valence-electron chi connectivity index (χ0n) is 11.5. The smallest absolute Gasteiger partial charge is 0.248 e. The van der Waals surface area contributed by atoms with Crippen LogP contribution in [-0.2, 0) is 10.5 Å². The zero-order chi connectivity index (χ0) is 15.2. The van der Waals surface area contributed by atoms with Crippen LogP contribution >= 0.6 is 11.8 Å². The molecule has 0 saturated carbocycles. The molecule has 2 rings (SSSR count). The average Bonchev–Trinajstić information content (AvgIpc) is 2.98. The molecule has 1 aromatic carbocycles. The van der Waals surface area contributed by atoms with E-state index in [1.807, 2.05) is 19.1 Å². The van der Waals surface area contributed by atoms with Crippen LogP contribution < -0.4 is 11.1 Å². The Morgan fingerprint density at radius 2 is 2.00 bits per heavy atom. The molecular formula is C15H16N2O3S. The summed E-state index contributed by atoms with van der Waals surface area (Å²) in [6.45, 7) is 1.83. The van der Waals surface area contributed by atoms with E-state index in [4.69, 9.17) is 10.2 Å². The number of primary amides is 1. The molecule has 0 aliphatic heterocycles. The third-order valence-corrected chi connectivity index (χ3v) is 4.03. The molecule has 0 bridgehead atoms. The average molecular weight is 304 g/mol. The van der Waals surface area contributed by atoms with Gasteiger partial charge in [-0.2, -0.15) is 0 Å². The third kappa shape index (κ3) is 4.39. The molecule has 0 spiro atoms. The van der Waals surface area contributed by atoms with Crippen molar-refractivity contribution in [2.75, 3.05) is 5.32 Å². The lowest BCUT2D eigenvalue weighted by Crippen LogP contribution is -2.22. The molecular weight excluding hydrogens is 288 g/mol. The van der Waals surface area contributed by atoms with E-state index < -0.39 is 5.91 Å². The van der Waals surface area contributed by atoms with E-state index in [0.717, 1.165) is 5.76 Å². The fourth-order valence-corrected chi connectivity index (χ4v) is 2.43. The second-order valence-corrected chi connectivity index (χ2v) is 5.79. The number of anilines is 1. The lowest BCUT2D eigenvalue weighted by Gasteiger charge is -2.11. The first-order valence-corrected chi connectivity index (χ1v) is 7.46. The van der Waals surface area contributed by atoms with E-state index in [-0.39, 0.29) is 11.2 Å². The second kappa shape index (κ2) is 6.99. The summed E-state index contributed by atoms with van der Waals surface area (Å²) in [5, 5.41) is 2.58. The maximum absolute atomic E-state index is 12.0. The number of rotatable bonds is 6.